The molecule has 0 bridgehead atoms. The maximum absolute atomic E-state index is 12.9. The largest absolute Gasteiger partial charge is 0.274 e. The standard InChI is InChI=1S/C20H20N2O4S2/c1-2-27-18-17(15-6-4-3-5-7-15)19(23)22(20(18)24)13-12-14-8-10-16(11-9-14)28(21,25)26/h3-11H,2,12-13H2,1H3,(H2,21,25,26). The van der Waals surface area contributed by atoms with Gasteiger partial charge in [0.2, 0.25) is 10.0 Å². The lowest BCUT2D eigenvalue weighted by Gasteiger charge is -2.15. The number of hydrogen-bond donors (Lipinski definition) is 1. The molecule has 0 radical (unpaired) electrons. The SMILES string of the molecule is CCSC1=C(c2ccccc2)C(=O)N(CCc2ccc(S(N)(=O)=O)cc2)C1=O. The number of hydrogen-bond acceptors (Lipinski definition) is 5. The van der Waals surface area contributed by atoms with E-state index in [1.165, 1.54) is 28.8 Å². The molecule has 0 atom stereocenters. The van der Waals surface area contributed by atoms with Gasteiger partial charge in [0.05, 0.1) is 15.4 Å². The second-order valence-corrected chi connectivity index (χ2v) is 9.04. The summed E-state index contributed by atoms with van der Waals surface area (Å²) in [5.74, 6) is 0.109. The molecule has 0 spiro atoms. The average molecular weight is 417 g/mol. The highest BCUT2D eigenvalue weighted by Gasteiger charge is 2.38. The highest BCUT2D eigenvalue weighted by atomic mass is 32.2. The van der Waals surface area contributed by atoms with Crippen LogP contribution < -0.4 is 5.14 Å². The van der Waals surface area contributed by atoms with Gasteiger partial charge in [-0.3, -0.25) is 14.5 Å². The van der Waals surface area contributed by atoms with Gasteiger partial charge in [-0.15, -0.1) is 11.8 Å². The fourth-order valence-corrected chi connectivity index (χ4v) is 4.37. The monoisotopic (exact) mass is 416 g/mol. The van der Waals surface area contributed by atoms with Crippen LogP contribution in [0, 0.1) is 0 Å². The van der Waals surface area contributed by atoms with Gasteiger partial charge in [-0.25, -0.2) is 13.6 Å². The number of rotatable bonds is 7. The van der Waals surface area contributed by atoms with Gasteiger partial charge in [0, 0.05) is 6.54 Å². The summed E-state index contributed by atoms with van der Waals surface area (Å²) in [5.41, 5.74) is 1.99. The molecule has 3 rings (SSSR count). The molecule has 0 aromatic heterocycles. The molecule has 6 nitrogen and oxygen atoms in total. The van der Waals surface area contributed by atoms with Gasteiger partial charge < -0.3 is 0 Å². The van der Waals surface area contributed by atoms with E-state index in [4.69, 9.17) is 5.14 Å². The molecule has 8 heteroatoms. The first kappa shape index (κ1) is 20.3. The number of thioether (sulfide) groups is 1. The van der Waals surface area contributed by atoms with Crippen LogP contribution in [0.4, 0.5) is 0 Å². The number of carbonyl (C=O) groups excluding carboxylic acids is 2. The third-order valence-electron chi connectivity index (χ3n) is 4.35. The van der Waals surface area contributed by atoms with Crippen LogP contribution in [0.5, 0.6) is 0 Å². The summed E-state index contributed by atoms with van der Waals surface area (Å²) in [6, 6.07) is 15.3. The van der Waals surface area contributed by atoms with Crippen LogP contribution in [0.25, 0.3) is 5.57 Å². The molecular weight excluding hydrogens is 396 g/mol. The molecule has 0 unspecified atom stereocenters. The molecule has 1 heterocycles. The van der Waals surface area contributed by atoms with Crippen molar-refractivity contribution < 1.29 is 18.0 Å². The molecule has 2 aromatic carbocycles. The molecule has 1 aliphatic heterocycles. The number of nitrogens with two attached hydrogens (primary N) is 1. The second kappa shape index (κ2) is 8.30. The highest BCUT2D eigenvalue weighted by molar-refractivity contribution is 8.04. The summed E-state index contributed by atoms with van der Waals surface area (Å²) >= 11 is 1.37. The molecular formula is C20H20N2O4S2. The Morgan fingerprint density at radius 3 is 2.18 bits per heavy atom. The van der Waals surface area contributed by atoms with E-state index in [9.17, 15) is 18.0 Å². The summed E-state index contributed by atoms with van der Waals surface area (Å²) in [7, 11) is -3.75. The Morgan fingerprint density at radius 2 is 1.61 bits per heavy atom. The van der Waals surface area contributed by atoms with Gasteiger partial charge in [0.25, 0.3) is 11.8 Å². The van der Waals surface area contributed by atoms with Crippen LogP contribution in [0.15, 0.2) is 64.4 Å². The molecule has 0 aliphatic carbocycles. The van der Waals surface area contributed by atoms with Crippen LogP contribution in [-0.2, 0) is 26.0 Å². The van der Waals surface area contributed by atoms with E-state index in [0.29, 0.717) is 22.7 Å². The maximum Gasteiger partial charge on any atom is 0.267 e. The van der Waals surface area contributed by atoms with Gasteiger partial charge >= 0.3 is 0 Å². The molecule has 2 N–H and O–H groups in total. The van der Waals surface area contributed by atoms with Crippen molar-refractivity contribution in [3.8, 4) is 0 Å². The maximum atomic E-state index is 12.9. The van der Waals surface area contributed by atoms with Crippen LogP contribution in [0.2, 0.25) is 0 Å². The minimum absolute atomic E-state index is 0.0271. The molecule has 0 saturated heterocycles. The average Bonchev–Trinajstić information content (AvgIpc) is 2.90. The summed E-state index contributed by atoms with van der Waals surface area (Å²) in [4.78, 5) is 27.5. The molecule has 2 amide bonds. The smallest absolute Gasteiger partial charge is 0.267 e. The van der Waals surface area contributed by atoms with Crippen molar-refractivity contribution in [3.05, 3.63) is 70.6 Å². The Morgan fingerprint density at radius 1 is 0.964 bits per heavy atom. The fraction of sp³-hybridized carbons (Fsp3) is 0.200. The quantitative estimate of drug-likeness (QED) is 0.699. The number of primary sulfonamides is 1. The lowest BCUT2D eigenvalue weighted by molar-refractivity contribution is -0.136. The van der Waals surface area contributed by atoms with Crippen molar-refractivity contribution in [3.63, 3.8) is 0 Å². The predicted molar refractivity (Wildman–Crippen MR) is 110 cm³/mol. The first-order valence-electron chi connectivity index (χ1n) is 8.73. The topological polar surface area (TPSA) is 97.5 Å². The Hall–Kier alpha value is -2.42. The summed E-state index contributed by atoms with van der Waals surface area (Å²) in [6.07, 6.45) is 0.425. The Kier molecular flexibility index (Phi) is 6.02. The van der Waals surface area contributed by atoms with Gasteiger partial charge in [-0.2, -0.15) is 0 Å². The first-order chi connectivity index (χ1) is 13.3. The van der Waals surface area contributed by atoms with E-state index in [-0.39, 0.29) is 23.3 Å². The minimum atomic E-state index is -3.75. The summed E-state index contributed by atoms with van der Waals surface area (Å²) < 4.78 is 22.7. The van der Waals surface area contributed by atoms with Gasteiger partial charge in [0.15, 0.2) is 0 Å². The van der Waals surface area contributed by atoms with Crippen molar-refractivity contribution in [2.24, 2.45) is 5.14 Å². The number of amides is 2. The molecule has 28 heavy (non-hydrogen) atoms. The van der Waals surface area contributed by atoms with Crippen LogP contribution >= 0.6 is 11.8 Å². The van der Waals surface area contributed by atoms with E-state index in [0.717, 1.165) is 11.1 Å². The van der Waals surface area contributed by atoms with Crippen molar-refractivity contribution >= 4 is 39.2 Å². The first-order valence-corrected chi connectivity index (χ1v) is 11.3. The lowest BCUT2D eigenvalue weighted by atomic mass is 10.1. The van der Waals surface area contributed by atoms with Crippen molar-refractivity contribution in [1.29, 1.82) is 0 Å². The van der Waals surface area contributed by atoms with Crippen molar-refractivity contribution in [2.45, 2.75) is 18.2 Å². The number of imide groups is 1. The summed E-state index contributed by atoms with van der Waals surface area (Å²) in [6.45, 7) is 2.16. The molecule has 0 fully saturated rings. The highest BCUT2D eigenvalue weighted by Crippen LogP contribution is 2.35. The van der Waals surface area contributed by atoms with Gasteiger partial charge in [0.1, 0.15) is 0 Å². The number of benzene rings is 2. The van der Waals surface area contributed by atoms with Crippen LogP contribution in [-0.4, -0.2) is 37.4 Å². The lowest BCUT2D eigenvalue weighted by Crippen LogP contribution is -2.33. The zero-order valence-corrected chi connectivity index (χ0v) is 16.9. The van der Waals surface area contributed by atoms with Crippen molar-refractivity contribution in [2.75, 3.05) is 12.3 Å². The summed E-state index contributed by atoms with van der Waals surface area (Å²) in [5, 5.41) is 5.10. The number of sulfonamides is 1. The Labute approximate surface area is 168 Å². The third-order valence-corrected chi connectivity index (χ3v) is 6.24. The zero-order valence-electron chi connectivity index (χ0n) is 15.3. The predicted octanol–water partition coefficient (Wildman–Crippen LogP) is 2.41. The van der Waals surface area contributed by atoms with Crippen LogP contribution in [0.3, 0.4) is 0 Å². The second-order valence-electron chi connectivity index (χ2n) is 6.20. The van der Waals surface area contributed by atoms with Crippen molar-refractivity contribution in [1.82, 2.24) is 4.90 Å². The molecule has 0 saturated carbocycles. The van der Waals surface area contributed by atoms with E-state index in [1.807, 2.05) is 37.3 Å². The fourth-order valence-electron chi connectivity index (χ4n) is 2.98. The third kappa shape index (κ3) is 4.19. The zero-order chi connectivity index (χ0) is 20.3. The number of carbonyl (C=O) groups is 2. The van der Waals surface area contributed by atoms with E-state index < -0.39 is 10.0 Å². The Bertz CT molecular complexity index is 1030. The van der Waals surface area contributed by atoms with E-state index >= 15 is 0 Å². The normalized spacial score (nSPS) is 14.9. The molecule has 146 valence electrons. The minimum Gasteiger partial charge on any atom is -0.274 e. The van der Waals surface area contributed by atoms with E-state index in [1.54, 1.807) is 12.1 Å². The molecule has 1 aliphatic rings. The number of nitrogens with zero attached hydrogens (tertiary/aromatic N) is 1. The van der Waals surface area contributed by atoms with E-state index in [2.05, 4.69) is 0 Å². The van der Waals surface area contributed by atoms with Gasteiger partial charge in [-0.05, 0) is 35.4 Å². The molecule has 2 aromatic rings. The van der Waals surface area contributed by atoms with Crippen LogP contribution in [0.1, 0.15) is 18.1 Å². The Balaban J connectivity index is 1.79. The van der Waals surface area contributed by atoms with Gasteiger partial charge in [-0.1, -0.05) is 49.4 Å².